The van der Waals surface area contributed by atoms with Crippen LogP contribution in [0.15, 0.2) is 17.2 Å². The van der Waals surface area contributed by atoms with Crippen LogP contribution in [-0.4, -0.2) is 44.2 Å². The highest BCUT2D eigenvalue weighted by molar-refractivity contribution is 7.89. The van der Waals surface area contributed by atoms with Gasteiger partial charge in [0, 0.05) is 26.4 Å². The molecule has 1 rings (SSSR count). The van der Waals surface area contributed by atoms with Gasteiger partial charge in [0.1, 0.15) is 10.6 Å². The minimum atomic E-state index is -3.55. The first kappa shape index (κ1) is 17.7. The number of amides is 1. The van der Waals surface area contributed by atoms with Crippen LogP contribution in [-0.2, 0) is 17.1 Å². The van der Waals surface area contributed by atoms with Gasteiger partial charge in [0.15, 0.2) is 0 Å². The van der Waals surface area contributed by atoms with E-state index in [0.717, 1.165) is 12.8 Å². The molecule has 0 saturated heterocycles. The summed E-state index contributed by atoms with van der Waals surface area (Å²) in [5.41, 5.74) is 0.291. The summed E-state index contributed by atoms with van der Waals surface area (Å²) in [7, 11) is -0.606. The summed E-state index contributed by atoms with van der Waals surface area (Å²) in [5, 5.41) is 11.7. The molecule has 0 aliphatic heterocycles. The zero-order valence-electron chi connectivity index (χ0n) is 12.6. The Morgan fingerprint density at radius 1 is 1.48 bits per heavy atom. The third-order valence-electron chi connectivity index (χ3n) is 3.26. The summed E-state index contributed by atoms with van der Waals surface area (Å²) in [6.45, 7) is 2.56. The van der Waals surface area contributed by atoms with Crippen LogP contribution in [0.4, 0.5) is 0 Å². The van der Waals surface area contributed by atoms with Gasteiger partial charge in [-0.1, -0.05) is 6.92 Å². The fourth-order valence-corrected chi connectivity index (χ4v) is 2.66. The van der Waals surface area contributed by atoms with Crippen molar-refractivity contribution < 1.29 is 18.3 Å². The number of carbonyl (C=O) groups excluding carboxylic acids is 1. The van der Waals surface area contributed by atoms with Crippen LogP contribution in [0.1, 0.15) is 30.3 Å². The normalized spacial score (nSPS) is 13.1. The van der Waals surface area contributed by atoms with Gasteiger partial charge in [-0.2, -0.15) is 0 Å². The van der Waals surface area contributed by atoms with Crippen LogP contribution in [0.25, 0.3) is 0 Å². The van der Waals surface area contributed by atoms with Crippen molar-refractivity contribution in [1.29, 1.82) is 0 Å². The molecule has 1 atom stereocenters. The highest BCUT2D eigenvalue weighted by Crippen LogP contribution is 2.13. The number of hydrogen-bond donors (Lipinski definition) is 3. The average Bonchev–Trinajstić information content (AvgIpc) is 2.85. The number of aliphatic hydroxyl groups is 1. The first-order valence-electron chi connectivity index (χ1n) is 6.80. The van der Waals surface area contributed by atoms with Crippen molar-refractivity contribution in [2.75, 3.05) is 20.2 Å². The van der Waals surface area contributed by atoms with Gasteiger partial charge >= 0.3 is 0 Å². The molecule has 0 bridgehead atoms. The molecule has 21 heavy (non-hydrogen) atoms. The second-order valence-corrected chi connectivity index (χ2v) is 6.95. The SMILES string of the molecule is CNS(=O)(=O)c1cc(C(=O)NCCCC(C)CO)n(C)c1. The van der Waals surface area contributed by atoms with Crippen LogP contribution in [0.2, 0.25) is 0 Å². The number of nitrogens with one attached hydrogen (secondary N) is 2. The molecule has 0 aliphatic carbocycles. The minimum Gasteiger partial charge on any atom is -0.396 e. The average molecular weight is 317 g/mol. The third kappa shape index (κ3) is 4.83. The van der Waals surface area contributed by atoms with Crippen molar-refractivity contribution in [2.45, 2.75) is 24.7 Å². The molecule has 0 aliphatic rings. The standard InChI is InChI=1S/C13H23N3O4S/c1-10(9-17)5-4-6-15-13(18)12-7-11(8-16(12)3)21(19,20)14-2/h7-8,10,14,17H,4-6,9H2,1-3H3,(H,15,18). The molecule has 0 radical (unpaired) electrons. The molecule has 120 valence electrons. The van der Waals surface area contributed by atoms with Crippen LogP contribution in [0.5, 0.6) is 0 Å². The Balaban J connectivity index is 2.63. The summed E-state index contributed by atoms with van der Waals surface area (Å²) in [6, 6.07) is 1.34. The van der Waals surface area contributed by atoms with Gasteiger partial charge in [0.25, 0.3) is 5.91 Å². The molecule has 1 aromatic heterocycles. The molecule has 1 heterocycles. The van der Waals surface area contributed by atoms with E-state index < -0.39 is 10.0 Å². The van der Waals surface area contributed by atoms with E-state index in [4.69, 9.17) is 5.11 Å². The number of sulfonamides is 1. The molecule has 0 saturated carbocycles. The summed E-state index contributed by atoms with van der Waals surface area (Å²) in [4.78, 5) is 12.1. The number of aryl methyl sites for hydroxylation is 1. The fraction of sp³-hybridized carbons (Fsp3) is 0.615. The first-order chi connectivity index (χ1) is 9.81. The first-order valence-corrected chi connectivity index (χ1v) is 8.29. The second kappa shape index (κ2) is 7.58. The quantitative estimate of drug-likeness (QED) is 0.591. The zero-order chi connectivity index (χ0) is 16.0. The number of rotatable bonds is 8. The number of aliphatic hydroxyl groups excluding tert-OH is 1. The summed E-state index contributed by atoms with van der Waals surface area (Å²) in [6.07, 6.45) is 2.98. The Morgan fingerprint density at radius 3 is 2.71 bits per heavy atom. The maximum atomic E-state index is 12.0. The number of nitrogens with zero attached hydrogens (tertiary/aromatic N) is 1. The van der Waals surface area contributed by atoms with Crippen LogP contribution in [0.3, 0.4) is 0 Å². The molecule has 1 unspecified atom stereocenters. The molecule has 0 fully saturated rings. The van der Waals surface area contributed by atoms with Gasteiger partial charge in [-0.25, -0.2) is 13.1 Å². The lowest BCUT2D eigenvalue weighted by atomic mass is 10.1. The zero-order valence-corrected chi connectivity index (χ0v) is 13.4. The number of carbonyl (C=O) groups is 1. The van der Waals surface area contributed by atoms with E-state index in [1.54, 1.807) is 7.05 Å². The van der Waals surface area contributed by atoms with Crippen LogP contribution in [0, 0.1) is 5.92 Å². The van der Waals surface area contributed by atoms with E-state index in [1.807, 2.05) is 6.92 Å². The Labute approximate surface area is 125 Å². The predicted molar refractivity (Wildman–Crippen MR) is 79.5 cm³/mol. The summed E-state index contributed by atoms with van der Waals surface area (Å²) >= 11 is 0. The van der Waals surface area contributed by atoms with Crippen LogP contribution >= 0.6 is 0 Å². The lowest BCUT2D eigenvalue weighted by Crippen LogP contribution is -2.26. The van der Waals surface area contributed by atoms with Gasteiger partial charge in [-0.3, -0.25) is 4.79 Å². The van der Waals surface area contributed by atoms with E-state index in [2.05, 4.69) is 10.0 Å². The van der Waals surface area contributed by atoms with Crippen molar-refractivity contribution in [2.24, 2.45) is 13.0 Å². The largest absolute Gasteiger partial charge is 0.396 e. The van der Waals surface area contributed by atoms with E-state index >= 15 is 0 Å². The predicted octanol–water partition coefficient (Wildman–Crippen LogP) is 0.0716. The highest BCUT2D eigenvalue weighted by atomic mass is 32.2. The van der Waals surface area contributed by atoms with E-state index in [0.29, 0.717) is 12.2 Å². The maximum absolute atomic E-state index is 12.0. The lowest BCUT2D eigenvalue weighted by Gasteiger charge is -2.08. The molecule has 3 N–H and O–H groups in total. The monoisotopic (exact) mass is 317 g/mol. The third-order valence-corrected chi connectivity index (χ3v) is 4.64. The van der Waals surface area contributed by atoms with E-state index in [9.17, 15) is 13.2 Å². The molecular weight excluding hydrogens is 294 g/mol. The topological polar surface area (TPSA) is 100 Å². The van der Waals surface area contributed by atoms with Gasteiger partial charge in [0.05, 0.1) is 0 Å². The maximum Gasteiger partial charge on any atom is 0.267 e. The van der Waals surface area contributed by atoms with Gasteiger partial charge in [-0.15, -0.1) is 0 Å². The molecule has 7 nitrogen and oxygen atoms in total. The summed E-state index contributed by atoms with van der Waals surface area (Å²) in [5.74, 6) is -0.101. The Bertz CT molecular complexity index is 580. The van der Waals surface area contributed by atoms with Crippen molar-refractivity contribution in [1.82, 2.24) is 14.6 Å². The molecule has 0 aromatic carbocycles. The van der Waals surface area contributed by atoms with Crippen molar-refractivity contribution in [3.8, 4) is 0 Å². The van der Waals surface area contributed by atoms with Gasteiger partial charge in [-0.05, 0) is 31.9 Å². The van der Waals surface area contributed by atoms with Crippen LogP contribution < -0.4 is 10.0 Å². The van der Waals surface area contributed by atoms with E-state index in [1.165, 1.54) is 23.9 Å². The fourth-order valence-electron chi connectivity index (χ4n) is 1.86. The minimum absolute atomic E-state index is 0.0616. The molecule has 1 amide bonds. The van der Waals surface area contributed by atoms with Gasteiger partial charge < -0.3 is 15.0 Å². The lowest BCUT2D eigenvalue weighted by molar-refractivity contribution is 0.0944. The Hall–Kier alpha value is -1.38. The van der Waals surface area contributed by atoms with E-state index in [-0.39, 0.29) is 23.3 Å². The molecular formula is C13H23N3O4S. The molecule has 0 spiro atoms. The Morgan fingerprint density at radius 2 is 2.14 bits per heavy atom. The summed E-state index contributed by atoms with van der Waals surface area (Å²) < 4.78 is 27.0. The van der Waals surface area contributed by atoms with Gasteiger partial charge in [0.2, 0.25) is 10.0 Å². The Kier molecular flexibility index (Phi) is 6.38. The van der Waals surface area contributed by atoms with Crippen molar-refractivity contribution in [3.05, 3.63) is 18.0 Å². The van der Waals surface area contributed by atoms with Crippen molar-refractivity contribution >= 4 is 15.9 Å². The molecule has 1 aromatic rings. The number of aromatic nitrogens is 1. The highest BCUT2D eigenvalue weighted by Gasteiger charge is 2.18. The molecule has 8 heteroatoms. The smallest absolute Gasteiger partial charge is 0.267 e. The number of hydrogen-bond acceptors (Lipinski definition) is 4. The van der Waals surface area contributed by atoms with Crippen molar-refractivity contribution in [3.63, 3.8) is 0 Å². The second-order valence-electron chi connectivity index (χ2n) is 5.07.